The molecule has 0 aliphatic rings. The Labute approximate surface area is 568 Å². The van der Waals surface area contributed by atoms with Crippen molar-refractivity contribution < 1.29 is 80.2 Å². The highest BCUT2D eigenvalue weighted by atomic mass is 31.2. The van der Waals surface area contributed by atoms with Crippen molar-refractivity contribution in [1.29, 1.82) is 0 Å². The lowest BCUT2D eigenvalue weighted by molar-refractivity contribution is -0.161. The van der Waals surface area contributed by atoms with Crippen molar-refractivity contribution in [3.63, 3.8) is 0 Å². The number of hydrogen-bond donors (Lipinski definition) is 3. The van der Waals surface area contributed by atoms with Gasteiger partial charge in [-0.3, -0.25) is 37.3 Å². The van der Waals surface area contributed by atoms with Gasteiger partial charge in [0.25, 0.3) is 0 Å². The first-order chi connectivity index (χ1) is 44.9. The van der Waals surface area contributed by atoms with E-state index in [9.17, 15) is 43.2 Å². The number of carbonyl (C=O) groups is 4. The molecule has 0 heterocycles. The maximum absolute atomic E-state index is 13.1. The first-order valence-corrected chi connectivity index (χ1v) is 41.5. The van der Waals surface area contributed by atoms with E-state index in [1.165, 1.54) is 199 Å². The second kappa shape index (κ2) is 66.0. The van der Waals surface area contributed by atoms with E-state index in [0.717, 1.165) is 102 Å². The molecule has 0 bridgehead atoms. The molecule has 0 fully saturated rings. The van der Waals surface area contributed by atoms with Crippen LogP contribution < -0.4 is 0 Å². The standard InChI is InChI=1S/C74H144O17P2/c1-7-10-12-14-16-18-25-34-40-46-52-58-73(78)90-69(62-84-71(76)56-50-44-38-30-17-15-13-11-8-2)64-88-92(80,81)86-60-68(75)61-87-93(82,83)89-65-70(63-85-72(77)57-51-45-39-33-29-28-32-37-43-49-55-67(6)9-3)91-74(79)59-53-47-41-35-27-24-22-20-19-21-23-26-31-36-42-48-54-66(4)5/h66-70,75H,7-65H2,1-6H3,(H,80,81)(H,82,83)/t67?,68-,69+,70+/m0/s1. The van der Waals surface area contributed by atoms with Crippen LogP contribution in [0.15, 0.2) is 0 Å². The number of hydrogen-bond acceptors (Lipinski definition) is 15. The monoisotopic (exact) mass is 1370 g/mol. The molecule has 552 valence electrons. The maximum Gasteiger partial charge on any atom is 0.472 e. The SMILES string of the molecule is CCCCCCCCCCCCCC(=O)O[C@H](COC(=O)CCCCCCCCCCC)COP(=O)(O)OC[C@H](O)COP(=O)(O)OC[C@@H](COC(=O)CCCCCCCCCCCCC(C)CC)OC(=O)CCCCCCCCCCCCCCCCCCC(C)C. The van der Waals surface area contributed by atoms with Crippen molar-refractivity contribution in [3.8, 4) is 0 Å². The van der Waals surface area contributed by atoms with E-state index in [1.54, 1.807) is 0 Å². The van der Waals surface area contributed by atoms with Crippen molar-refractivity contribution in [2.75, 3.05) is 39.6 Å². The number of rotatable bonds is 73. The first kappa shape index (κ1) is 91.1. The smallest absolute Gasteiger partial charge is 0.462 e. The minimum atomic E-state index is -4.96. The number of ether oxygens (including phenoxy) is 4. The Bertz CT molecular complexity index is 1810. The van der Waals surface area contributed by atoms with Gasteiger partial charge in [-0.2, -0.15) is 0 Å². The van der Waals surface area contributed by atoms with Crippen LogP contribution in [-0.4, -0.2) is 96.7 Å². The van der Waals surface area contributed by atoms with Gasteiger partial charge < -0.3 is 33.8 Å². The summed E-state index contributed by atoms with van der Waals surface area (Å²) in [6.07, 6.45) is 52.6. The predicted molar refractivity (Wildman–Crippen MR) is 377 cm³/mol. The van der Waals surface area contributed by atoms with E-state index in [0.29, 0.717) is 25.7 Å². The van der Waals surface area contributed by atoms with Crippen LogP contribution in [-0.2, 0) is 65.4 Å². The van der Waals surface area contributed by atoms with Gasteiger partial charge >= 0.3 is 39.5 Å². The third-order valence-electron chi connectivity index (χ3n) is 17.6. The van der Waals surface area contributed by atoms with Gasteiger partial charge in [0.05, 0.1) is 26.4 Å². The first-order valence-electron chi connectivity index (χ1n) is 38.5. The summed E-state index contributed by atoms with van der Waals surface area (Å²) < 4.78 is 68.4. The van der Waals surface area contributed by atoms with Crippen LogP contribution in [0.1, 0.15) is 382 Å². The van der Waals surface area contributed by atoms with Crippen LogP contribution in [0, 0.1) is 11.8 Å². The van der Waals surface area contributed by atoms with Crippen LogP contribution >= 0.6 is 15.6 Å². The number of phosphoric ester groups is 2. The summed E-state index contributed by atoms with van der Waals surface area (Å²) in [5.74, 6) is -0.500. The molecular formula is C74H144O17P2. The predicted octanol–water partition coefficient (Wildman–Crippen LogP) is 21.6. The molecule has 0 amide bonds. The van der Waals surface area contributed by atoms with Gasteiger partial charge in [-0.25, -0.2) is 9.13 Å². The minimum Gasteiger partial charge on any atom is -0.462 e. The second-order valence-corrected chi connectivity index (χ2v) is 30.3. The summed E-state index contributed by atoms with van der Waals surface area (Å²) in [5.41, 5.74) is 0. The summed E-state index contributed by atoms with van der Waals surface area (Å²) >= 11 is 0. The lowest BCUT2D eigenvalue weighted by Crippen LogP contribution is -2.30. The molecule has 0 radical (unpaired) electrons. The van der Waals surface area contributed by atoms with E-state index in [1.807, 2.05) is 0 Å². The van der Waals surface area contributed by atoms with E-state index in [2.05, 4.69) is 41.5 Å². The molecule has 0 spiro atoms. The Morgan fingerprint density at radius 3 is 0.817 bits per heavy atom. The summed E-state index contributed by atoms with van der Waals surface area (Å²) in [6.45, 7) is 9.62. The van der Waals surface area contributed by atoms with E-state index in [-0.39, 0.29) is 25.7 Å². The lowest BCUT2D eigenvalue weighted by atomic mass is 9.99. The van der Waals surface area contributed by atoms with Crippen LogP contribution in [0.4, 0.5) is 0 Å². The number of aliphatic hydroxyl groups is 1. The molecule has 0 aliphatic heterocycles. The number of aliphatic hydroxyl groups excluding tert-OH is 1. The van der Waals surface area contributed by atoms with Gasteiger partial charge in [0.15, 0.2) is 12.2 Å². The zero-order valence-corrected chi connectivity index (χ0v) is 62.3. The molecule has 3 unspecified atom stereocenters. The molecule has 0 saturated heterocycles. The fraction of sp³-hybridized carbons (Fsp3) is 0.946. The molecule has 93 heavy (non-hydrogen) atoms. The molecule has 0 rings (SSSR count). The fourth-order valence-electron chi connectivity index (χ4n) is 11.3. The van der Waals surface area contributed by atoms with E-state index in [4.69, 9.17) is 37.0 Å². The highest BCUT2D eigenvalue weighted by Crippen LogP contribution is 2.45. The molecule has 0 aliphatic carbocycles. The number of phosphoric acid groups is 2. The van der Waals surface area contributed by atoms with Gasteiger partial charge in [0, 0.05) is 25.7 Å². The zero-order chi connectivity index (χ0) is 68.6. The highest BCUT2D eigenvalue weighted by Gasteiger charge is 2.30. The third-order valence-corrected chi connectivity index (χ3v) is 19.5. The quantitative estimate of drug-likeness (QED) is 0.0222. The van der Waals surface area contributed by atoms with E-state index < -0.39 is 97.5 Å². The van der Waals surface area contributed by atoms with Gasteiger partial charge in [-0.05, 0) is 37.5 Å². The van der Waals surface area contributed by atoms with Crippen molar-refractivity contribution >= 4 is 39.5 Å². The van der Waals surface area contributed by atoms with Crippen molar-refractivity contribution in [3.05, 3.63) is 0 Å². The van der Waals surface area contributed by atoms with E-state index >= 15 is 0 Å². The summed E-state index contributed by atoms with van der Waals surface area (Å²) in [5, 5.41) is 10.6. The highest BCUT2D eigenvalue weighted by molar-refractivity contribution is 7.47. The summed E-state index contributed by atoms with van der Waals surface area (Å²) in [4.78, 5) is 72.6. The molecule has 17 nitrogen and oxygen atoms in total. The molecule has 0 saturated carbocycles. The summed E-state index contributed by atoms with van der Waals surface area (Å²) in [6, 6.07) is 0. The number of carbonyl (C=O) groups excluding carboxylic acids is 4. The average molecular weight is 1370 g/mol. The number of unbranched alkanes of at least 4 members (excludes halogenated alkanes) is 42. The molecule has 6 atom stereocenters. The van der Waals surface area contributed by atoms with Gasteiger partial charge in [-0.15, -0.1) is 0 Å². The Balaban J connectivity index is 5.22. The molecule has 0 aromatic rings. The average Bonchev–Trinajstić information content (AvgIpc) is 1.76. The van der Waals surface area contributed by atoms with Crippen molar-refractivity contribution in [1.82, 2.24) is 0 Å². The molecule has 19 heteroatoms. The Morgan fingerprint density at radius 1 is 0.312 bits per heavy atom. The van der Waals surface area contributed by atoms with Gasteiger partial charge in [0.2, 0.25) is 0 Å². The summed E-state index contributed by atoms with van der Waals surface area (Å²) in [7, 11) is -9.90. The second-order valence-electron chi connectivity index (χ2n) is 27.4. The normalized spacial score (nSPS) is 14.3. The van der Waals surface area contributed by atoms with Crippen LogP contribution in [0.5, 0.6) is 0 Å². The molecule has 0 aromatic carbocycles. The Hall–Kier alpha value is -1.94. The lowest BCUT2D eigenvalue weighted by Gasteiger charge is -2.21. The Kier molecular flexibility index (Phi) is 64.6. The number of esters is 4. The van der Waals surface area contributed by atoms with Crippen molar-refractivity contribution in [2.24, 2.45) is 11.8 Å². The van der Waals surface area contributed by atoms with Gasteiger partial charge in [-0.1, -0.05) is 330 Å². The van der Waals surface area contributed by atoms with Crippen LogP contribution in [0.3, 0.4) is 0 Å². The molecule has 0 aromatic heterocycles. The largest absolute Gasteiger partial charge is 0.472 e. The molecular weight excluding hydrogens is 1220 g/mol. The fourth-order valence-corrected chi connectivity index (χ4v) is 12.8. The van der Waals surface area contributed by atoms with Crippen molar-refractivity contribution in [2.45, 2.75) is 400 Å². The Morgan fingerprint density at radius 2 is 0.548 bits per heavy atom. The maximum atomic E-state index is 13.1. The molecule has 3 N–H and O–H groups in total. The zero-order valence-electron chi connectivity index (χ0n) is 60.6. The van der Waals surface area contributed by atoms with Gasteiger partial charge in [0.1, 0.15) is 19.3 Å². The van der Waals surface area contributed by atoms with Crippen LogP contribution in [0.2, 0.25) is 0 Å². The minimum absolute atomic E-state index is 0.107. The third kappa shape index (κ3) is 67.0. The van der Waals surface area contributed by atoms with Crippen LogP contribution in [0.25, 0.3) is 0 Å². The topological polar surface area (TPSA) is 237 Å².